The Kier molecular flexibility index (Phi) is 4.93. The number of aliphatic hydroxyl groups is 1. The van der Waals surface area contributed by atoms with Crippen molar-refractivity contribution in [1.29, 1.82) is 0 Å². The van der Waals surface area contributed by atoms with Crippen molar-refractivity contribution in [2.75, 3.05) is 37.7 Å². The molecule has 2 atom stereocenters. The van der Waals surface area contributed by atoms with E-state index >= 15 is 0 Å². The van der Waals surface area contributed by atoms with Gasteiger partial charge in [-0.2, -0.15) is 0 Å². The summed E-state index contributed by atoms with van der Waals surface area (Å²) in [7, 11) is 0. The van der Waals surface area contributed by atoms with Gasteiger partial charge in [-0.3, -0.25) is 4.98 Å². The van der Waals surface area contributed by atoms with Gasteiger partial charge < -0.3 is 20.1 Å². The van der Waals surface area contributed by atoms with Crippen LogP contribution in [0.4, 0.5) is 5.69 Å². The maximum Gasteiger partial charge on any atom is 0.139 e. The zero-order chi connectivity index (χ0) is 14.5. The fraction of sp³-hybridized carbons (Fsp3) is 0.688. The summed E-state index contributed by atoms with van der Waals surface area (Å²) < 4.78 is 5.87. The summed E-state index contributed by atoms with van der Waals surface area (Å²) in [5.41, 5.74) is 1.13. The summed E-state index contributed by atoms with van der Waals surface area (Å²) in [5, 5.41) is 12.5. The van der Waals surface area contributed by atoms with Gasteiger partial charge in [0, 0.05) is 31.8 Å². The number of hydrogen-bond acceptors (Lipinski definition) is 5. The van der Waals surface area contributed by atoms with Gasteiger partial charge in [-0.25, -0.2) is 0 Å². The third kappa shape index (κ3) is 3.86. The zero-order valence-corrected chi connectivity index (χ0v) is 12.5. The smallest absolute Gasteiger partial charge is 0.139 e. The molecule has 3 rings (SSSR count). The Labute approximate surface area is 126 Å². The molecule has 1 aromatic heterocycles. The van der Waals surface area contributed by atoms with Gasteiger partial charge in [-0.05, 0) is 38.1 Å². The van der Waals surface area contributed by atoms with Gasteiger partial charge >= 0.3 is 0 Å². The lowest BCUT2D eigenvalue weighted by Crippen LogP contribution is -2.28. The molecule has 5 heteroatoms. The fourth-order valence-corrected chi connectivity index (χ4v) is 3.24. The second-order valence-corrected chi connectivity index (χ2v) is 6.10. The first-order valence-corrected chi connectivity index (χ1v) is 8.02. The molecule has 5 nitrogen and oxygen atoms in total. The predicted molar refractivity (Wildman–Crippen MR) is 82.8 cm³/mol. The van der Waals surface area contributed by atoms with Crippen LogP contribution in [0.1, 0.15) is 25.7 Å². The standard InChI is InChI=1S/C16H25N3O2/c20-7-4-13-3-6-19(11-13)15-8-16(10-17-9-15)21-12-14-2-1-5-18-14/h8-10,13-14,18,20H,1-7,11-12H2/t13-,14+/m0/s1. The van der Waals surface area contributed by atoms with Crippen LogP contribution in [-0.2, 0) is 0 Å². The minimum atomic E-state index is 0.286. The van der Waals surface area contributed by atoms with E-state index in [0.29, 0.717) is 12.0 Å². The van der Waals surface area contributed by atoms with Gasteiger partial charge in [0.15, 0.2) is 0 Å². The fourth-order valence-electron chi connectivity index (χ4n) is 3.24. The van der Waals surface area contributed by atoms with Crippen molar-refractivity contribution in [3.63, 3.8) is 0 Å². The summed E-state index contributed by atoms with van der Waals surface area (Å²) in [5.74, 6) is 1.45. The van der Waals surface area contributed by atoms with Gasteiger partial charge in [0.05, 0.1) is 18.1 Å². The number of ether oxygens (including phenoxy) is 1. The topological polar surface area (TPSA) is 57.6 Å². The van der Waals surface area contributed by atoms with Crippen LogP contribution in [0, 0.1) is 5.92 Å². The lowest BCUT2D eigenvalue weighted by molar-refractivity contribution is 0.263. The number of pyridine rings is 1. The number of nitrogens with one attached hydrogen (secondary N) is 1. The Morgan fingerprint density at radius 2 is 2.33 bits per heavy atom. The van der Waals surface area contributed by atoms with E-state index in [0.717, 1.165) is 50.5 Å². The second-order valence-electron chi connectivity index (χ2n) is 6.10. The molecule has 2 aliphatic heterocycles. The molecule has 116 valence electrons. The number of anilines is 1. The van der Waals surface area contributed by atoms with Gasteiger partial charge in [0.1, 0.15) is 12.4 Å². The first kappa shape index (κ1) is 14.6. The van der Waals surface area contributed by atoms with E-state index in [2.05, 4.69) is 21.3 Å². The first-order valence-electron chi connectivity index (χ1n) is 8.02. The van der Waals surface area contributed by atoms with E-state index in [1.807, 2.05) is 6.20 Å². The number of aliphatic hydroxyl groups excluding tert-OH is 1. The molecule has 0 amide bonds. The summed E-state index contributed by atoms with van der Waals surface area (Å²) in [6.07, 6.45) is 8.18. The summed E-state index contributed by atoms with van der Waals surface area (Å²) >= 11 is 0. The Balaban J connectivity index is 1.55. The Hall–Kier alpha value is -1.33. The summed E-state index contributed by atoms with van der Waals surface area (Å²) in [6.45, 7) is 4.16. The third-order valence-corrected chi connectivity index (χ3v) is 4.50. The Morgan fingerprint density at radius 3 is 3.14 bits per heavy atom. The molecule has 0 spiro atoms. The normalized spacial score (nSPS) is 25.5. The molecule has 1 aromatic rings. The molecule has 0 saturated carbocycles. The van der Waals surface area contributed by atoms with E-state index in [1.54, 1.807) is 6.20 Å². The maximum atomic E-state index is 9.04. The molecular formula is C16H25N3O2. The minimum absolute atomic E-state index is 0.286. The molecule has 2 aliphatic rings. The third-order valence-electron chi connectivity index (χ3n) is 4.50. The van der Waals surface area contributed by atoms with Gasteiger partial charge in [-0.15, -0.1) is 0 Å². The van der Waals surface area contributed by atoms with Crippen molar-refractivity contribution >= 4 is 5.69 Å². The van der Waals surface area contributed by atoms with E-state index in [9.17, 15) is 0 Å². The molecule has 0 aromatic carbocycles. The second kappa shape index (κ2) is 7.09. The molecule has 0 aliphatic carbocycles. The van der Waals surface area contributed by atoms with Crippen LogP contribution in [0.25, 0.3) is 0 Å². The van der Waals surface area contributed by atoms with Crippen molar-refractivity contribution in [3.05, 3.63) is 18.5 Å². The van der Waals surface area contributed by atoms with Crippen LogP contribution in [-0.4, -0.2) is 49.0 Å². The number of aromatic nitrogens is 1. The molecule has 0 unspecified atom stereocenters. The first-order chi connectivity index (χ1) is 10.3. The van der Waals surface area contributed by atoms with Crippen LogP contribution in [0.3, 0.4) is 0 Å². The summed E-state index contributed by atoms with van der Waals surface area (Å²) in [6, 6.07) is 2.57. The highest BCUT2D eigenvalue weighted by molar-refractivity contribution is 5.49. The quantitative estimate of drug-likeness (QED) is 0.830. The Bertz CT molecular complexity index is 449. The van der Waals surface area contributed by atoms with E-state index in [1.165, 1.54) is 12.8 Å². The molecule has 2 fully saturated rings. The molecule has 0 radical (unpaired) electrons. The van der Waals surface area contributed by atoms with Crippen molar-refractivity contribution < 1.29 is 9.84 Å². The number of nitrogens with zero attached hydrogens (tertiary/aromatic N) is 2. The van der Waals surface area contributed by atoms with Crippen LogP contribution in [0.15, 0.2) is 18.5 Å². The predicted octanol–water partition coefficient (Wildman–Crippen LogP) is 1.42. The van der Waals surface area contributed by atoms with E-state index < -0.39 is 0 Å². The van der Waals surface area contributed by atoms with Crippen LogP contribution < -0.4 is 15.0 Å². The van der Waals surface area contributed by atoms with Crippen LogP contribution in [0.2, 0.25) is 0 Å². The average molecular weight is 291 g/mol. The van der Waals surface area contributed by atoms with Crippen LogP contribution in [0.5, 0.6) is 5.75 Å². The number of rotatable bonds is 6. The van der Waals surface area contributed by atoms with E-state index in [4.69, 9.17) is 9.84 Å². The van der Waals surface area contributed by atoms with Crippen molar-refractivity contribution in [2.45, 2.75) is 31.7 Å². The largest absolute Gasteiger partial charge is 0.490 e. The van der Waals surface area contributed by atoms with Gasteiger partial charge in [0.25, 0.3) is 0 Å². The highest BCUT2D eigenvalue weighted by Crippen LogP contribution is 2.27. The molecule has 0 bridgehead atoms. The number of hydrogen-bond donors (Lipinski definition) is 2. The van der Waals surface area contributed by atoms with Crippen molar-refractivity contribution in [2.24, 2.45) is 5.92 Å². The van der Waals surface area contributed by atoms with Crippen molar-refractivity contribution in [1.82, 2.24) is 10.3 Å². The zero-order valence-electron chi connectivity index (χ0n) is 12.5. The molecule has 2 N–H and O–H groups in total. The van der Waals surface area contributed by atoms with Crippen molar-refractivity contribution in [3.8, 4) is 5.75 Å². The highest BCUT2D eigenvalue weighted by Gasteiger charge is 2.22. The van der Waals surface area contributed by atoms with E-state index in [-0.39, 0.29) is 6.61 Å². The molecule has 21 heavy (non-hydrogen) atoms. The monoisotopic (exact) mass is 291 g/mol. The lowest BCUT2D eigenvalue weighted by Gasteiger charge is -2.19. The van der Waals surface area contributed by atoms with Gasteiger partial charge in [-0.1, -0.05) is 0 Å². The molecule has 2 saturated heterocycles. The molecule has 3 heterocycles. The Morgan fingerprint density at radius 1 is 1.38 bits per heavy atom. The summed E-state index contributed by atoms with van der Waals surface area (Å²) in [4.78, 5) is 6.65. The average Bonchev–Trinajstić information content (AvgIpc) is 3.17. The molecular weight excluding hydrogens is 266 g/mol. The van der Waals surface area contributed by atoms with Gasteiger partial charge in [0.2, 0.25) is 0 Å². The highest BCUT2D eigenvalue weighted by atomic mass is 16.5. The minimum Gasteiger partial charge on any atom is -0.490 e. The SMILES string of the molecule is OCC[C@@H]1CCN(c2cncc(OC[C@H]3CCCN3)c2)C1. The lowest BCUT2D eigenvalue weighted by atomic mass is 10.1. The van der Waals surface area contributed by atoms with Crippen LogP contribution >= 0.6 is 0 Å². The maximum absolute atomic E-state index is 9.04.